The highest BCUT2D eigenvalue weighted by Crippen LogP contribution is 1.61. The van der Waals surface area contributed by atoms with Crippen molar-refractivity contribution < 1.29 is 4.79 Å². The van der Waals surface area contributed by atoms with Crippen molar-refractivity contribution in [2.45, 2.75) is 6.92 Å². The highest BCUT2D eigenvalue weighted by molar-refractivity contribution is 7.78. The second-order valence-electron chi connectivity index (χ2n) is 0.873. The second-order valence-corrected chi connectivity index (χ2v) is 1.11. The normalized spacial score (nSPS) is 6.17. The number of hydrogen-bond acceptors (Lipinski definition) is 2. The molecule has 0 aromatic rings. The van der Waals surface area contributed by atoms with Crippen molar-refractivity contribution >= 4 is 23.0 Å². The minimum absolute atomic E-state index is 0.0509. The van der Waals surface area contributed by atoms with Crippen molar-refractivity contribution in [3.05, 3.63) is 6.08 Å². The number of ketones is 1. The van der Waals surface area contributed by atoms with Crippen LogP contribution in [0.5, 0.6) is 0 Å². The molecule has 0 aliphatic heterocycles. The lowest BCUT2D eigenvalue weighted by Crippen LogP contribution is -1.76. The third-order valence-electron chi connectivity index (χ3n) is 0.262. The number of carbonyl (C=O) groups excluding carboxylic acids is 1. The second kappa shape index (κ2) is 2.76. The van der Waals surface area contributed by atoms with Crippen LogP contribution in [0.1, 0.15) is 6.92 Å². The molecule has 0 radical (unpaired) electrons. The van der Waals surface area contributed by atoms with Gasteiger partial charge in [-0.3, -0.25) is 4.79 Å². The molecular weight excluding hydrogens is 96.1 g/mol. The summed E-state index contributed by atoms with van der Waals surface area (Å²) in [6.45, 7) is 1.43. The van der Waals surface area contributed by atoms with Gasteiger partial charge < -0.3 is 0 Å². The predicted octanol–water partition coefficient (Wildman–Crippen LogP) is 0.730. The van der Waals surface area contributed by atoms with Gasteiger partial charge in [0.2, 0.25) is 0 Å². The maximum Gasteiger partial charge on any atom is 0.161 e. The van der Waals surface area contributed by atoms with Gasteiger partial charge in [-0.15, -0.1) is 0 Å². The van der Waals surface area contributed by atoms with E-state index in [-0.39, 0.29) is 5.78 Å². The highest BCUT2D eigenvalue weighted by Gasteiger charge is 1.73. The lowest BCUT2D eigenvalue weighted by Gasteiger charge is -1.62. The van der Waals surface area contributed by atoms with E-state index < -0.39 is 0 Å². The molecule has 32 valence electrons. The highest BCUT2D eigenvalue weighted by atomic mass is 32.1. The van der Waals surface area contributed by atoms with E-state index in [0.717, 1.165) is 0 Å². The van der Waals surface area contributed by atoms with Gasteiger partial charge in [-0.2, -0.15) is 0 Å². The standard InChI is InChI=1S/C4H4OS/c1-4(5)2-3-6/h2H,1H3. The van der Waals surface area contributed by atoms with E-state index >= 15 is 0 Å². The largest absolute Gasteiger partial charge is 0.294 e. The Morgan fingerprint density at radius 3 is 2.50 bits per heavy atom. The Labute approximate surface area is 41.7 Å². The number of hydrogen-bond donors (Lipinski definition) is 0. The lowest BCUT2D eigenvalue weighted by molar-refractivity contribution is -0.112. The monoisotopic (exact) mass is 100.0 g/mol. The predicted molar refractivity (Wildman–Crippen MR) is 27.8 cm³/mol. The summed E-state index contributed by atoms with van der Waals surface area (Å²) in [6.07, 6.45) is 1.22. The topological polar surface area (TPSA) is 17.1 Å². The van der Waals surface area contributed by atoms with Crippen LogP contribution in [0.25, 0.3) is 0 Å². The van der Waals surface area contributed by atoms with Gasteiger partial charge in [0.15, 0.2) is 5.78 Å². The zero-order valence-corrected chi connectivity index (χ0v) is 4.21. The molecule has 6 heavy (non-hydrogen) atoms. The van der Waals surface area contributed by atoms with Crippen molar-refractivity contribution in [2.24, 2.45) is 0 Å². The minimum Gasteiger partial charge on any atom is -0.294 e. The fourth-order valence-corrected chi connectivity index (χ4v) is 0.249. The summed E-state index contributed by atoms with van der Waals surface area (Å²) < 4.78 is 0. The molecule has 0 rings (SSSR count). The van der Waals surface area contributed by atoms with E-state index in [1.54, 1.807) is 0 Å². The van der Waals surface area contributed by atoms with E-state index in [1.807, 2.05) is 0 Å². The number of thiocarbonyl (C=S) groups is 1. The van der Waals surface area contributed by atoms with Crippen molar-refractivity contribution in [1.82, 2.24) is 0 Å². The molecule has 0 aromatic carbocycles. The summed E-state index contributed by atoms with van der Waals surface area (Å²) in [6, 6.07) is 0. The molecule has 0 N–H and O–H groups in total. The van der Waals surface area contributed by atoms with Gasteiger partial charge in [0.1, 0.15) is 0 Å². The van der Waals surface area contributed by atoms with Crippen LogP contribution in [0.15, 0.2) is 6.08 Å². The molecule has 0 saturated heterocycles. The zero-order valence-electron chi connectivity index (χ0n) is 3.39. The molecule has 0 amide bonds. The van der Waals surface area contributed by atoms with Gasteiger partial charge in [-0.05, 0) is 24.2 Å². The first-order chi connectivity index (χ1) is 2.77. The fourth-order valence-electron chi connectivity index (χ4n) is 0.0830. The maximum atomic E-state index is 9.86. The van der Waals surface area contributed by atoms with E-state index in [4.69, 9.17) is 0 Å². The molecule has 0 aromatic heterocycles. The molecule has 0 aliphatic carbocycles. The SMILES string of the molecule is CC(=O)C=C=S. The molecule has 2 heteroatoms. The Kier molecular flexibility index (Phi) is 2.55. The van der Waals surface area contributed by atoms with Crippen molar-refractivity contribution in [3.63, 3.8) is 0 Å². The van der Waals surface area contributed by atoms with Crippen LogP contribution >= 0.6 is 12.2 Å². The Balaban J connectivity index is 3.60. The van der Waals surface area contributed by atoms with E-state index in [0.29, 0.717) is 0 Å². The molecule has 1 nitrogen and oxygen atoms in total. The Bertz CT molecular complexity index is 100. The van der Waals surface area contributed by atoms with Crippen LogP contribution in [-0.4, -0.2) is 10.8 Å². The summed E-state index contributed by atoms with van der Waals surface area (Å²) in [5, 5.41) is 2.18. The molecule has 0 fully saturated rings. The molecule has 0 atom stereocenters. The van der Waals surface area contributed by atoms with Crippen LogP contribution in [0.2, 0.25) is 0 Å². The number of allylic oxidation sites excluding steroid dienone is 1. The van der Waals surface area contributed by atoms with Crippen LogP contribution in [-0.2, 0) is 4.79 Å². The molecule has 0 aliphatic rings. The maximum absolute atomic E-state index is 9.86. The molecule has 0 bridgehead atoms. The summed E-state index contributed by atoms with van der Waals surface area (Å²) in [5.74, 6) is -0.0509. The first-order valence-corrected chi connectivity index (χ1v) is 1.89. The van der Waals surface area contributed by atoms with Gasteiger partial charge in [0.25, 0.3) is 0 Å². The van der Waals surface area contributed by atoms with Crippen molar-refractivity contribution in [3.8, 4) is 0 Å². The minimum atomic E-state index is -0.0509. The van der Waals surface area contributed by atoms with Crippen LogP contribution in [0.4, 0.5) is 0 Å². The quantitative estimate of drug-likeness (QED) is 0.357. The molecule has 0 spiro atoms. The van der Waals surface area contributed by atoms with Gasteiger partial charge in [0.05, 0.1) is 0 Å². The lowest BCUT2D eigenvalue weighted by atomic mass is 10.5. The Morgan fingerprint density at radius 1 is 2.00 bits per heavy atom. The molecule has 0 saturated carbocycles. The first kappa shape index (κ1) is 5.54. The average Bonchev–Trinajstić information content (AvgIpc) is 1.35. The van der Waals surface area contributed by atoms with E-state index in [9.17, 15) is 4.79 Å². The number of rotatable bonds is 1. The molecular formula is C4H4OS. The molecule has 0 heterocycles. The number of carbonyl (C=O) groups is 1. The van der Waals surface area contributed by atoms with E-state index in [2.05, 4.69) is 17.2 Å². The van der Waals surface area contributed by atoms with Crippen molar-refractivity contribution in [2.75, 3.05) is 0 Å². The summed E-state index contributed by atoms with van der Waals surface area (Å²) >= 11 is 4.20. The van der Waals surface area contributed by atoms with E-state index in [1.165, 1.54) is 13.0 Å². The summed E-state index contributed by atoms with van der Waals surface area (Å²) in [4.78, 5) is 9.86. The average molecular weight is 100 g/mol. The van der Waals surface area contributed by atoms with Gasteiger partial charge in [-0.1, -0.05) is 0 Å². The zero-order chi connectivity index (χ0) is 4.99. The van der Waals surface area contributed by atoms with Gasteiger partial charge >= 0.3 is 0 Å². The Hall–Kier alpha value is -0.460. The molecule has 0 unspecified atom stereocenters. The van der Waals surface area contributed by atoms with Gasteiger partial charge in [0, 0.05) is 6.08 Å². The van der Waals surface area contributed by atoms with Crippen LogP contribution in [0, 0.1) is 0 Å². The summed E-state index contributed by atoms with van der Waals surface area (Å²) in [5.41, 5.74) is 0. The first-order valence-electron chi connectivity index (χ1n) is 1.49. The van der Waals surface area contributed by atoms with Gasteiger partial charge in [-0.25, -0.2) is 0 Å². The van der Waals surface area contributed by atoms with Crippen LogP contribution < -0.4 is 0 Å². The third kappa shape index (κ3) is 3.54. The van der Waals surface area contributed by atoms with Crippen molar-refractivity contribution in [1.29, 1.82) is 0 Å². The summed E-state index contributed by atoms with van der Waals surface area (Å²) in [7, 11) is 0. The Morgan fingerprint density at radius 2 is 2.50 bits per heavy atom. The fraction of sp³-hybridized carbons (Fsp3) is 0.250. The van der Waals surface area contributed by atoms with Crippen LogP contribution in [0.3, 0.4) is 0 Å². The smallest absolute Gasteiger partial charge is 0.161 e. The third-order valence-corrected chi connectivity index (χ3v) is 0.380.